The lowest BCUT2D eigenvalue weighted by Crippen LogP contribution is -2.38. The third-order valence-electron chi connectivity index (χ3n) is 7.90. The van der Waals surface area contributed by atoms with Crippen molar-refractivity contribution in [1.29, 1.82) is 0 Å². The molecule has 0 radical (unpaired) electrons. The van der Waals surface area contributed by atoms with Gasteiger partial charge in [0, 0.05) is 33.1 Å². The van der Waals surface area contributed by atoms with E-state index in [1.807, 2.05) is 32.8 Å². The number of ether oxygens (including phenoxy) is 2. The first-order valence-electron chi connectivity index (χ1n) is 15.6. The first kappa shape index (κ1) is 36.5. The van der Waals surface area contributed by atoms with E-state index in [2.05, 4.69) is 10.1 Å². The summed E-state index contributed by atoms with van der Waals surface area (Å²) in [6, 6.07) is 4.72. The van der Waals surface area contributed by atoms with Gasteiger partial charge < -0.3 is 19.4 Å². The Balaban J connectivity index is 0.00000552. The number of halogens is 1. The first-order chi connectivity index (χ1) is 21.0. The Morgan fingerprint density at radius 1 is 1.13 bits per heavy atom. The van der Waals surface area contributed by atoms with Crippen LogP contribution in [0.15, 0.2) is 27.9 Å². The molecule has 0 saturated carbocycles. The SMILES string of the molecule is CCCOc1ccc(S(=O)(=O)N2CCC(CCC(=O)OCCCN(C)C)CC2)cc1-c1nc2c(CCC)nn(C)c2c(=O)[nH]1.Cl. The molecule has 0 aliphatic carbocycles. The highest BCUT2D eigenvalue weighted by molar-refractivity contribution is 7.89. The van der Waals surface area contributed by atoms with Crippen LogP contribution in [0.1, 0.15) is 64.5 Å². The zero-order chi connectivity index (χ0) is 31.9. The Bertz CT molecular complexity index is 1600. The monoisotopic (exact) mass is 666 g/mol. The molecule has 0 amide bonds. The van der Waals surface area contributed by atoms with Gasteiger partial charge in [0.1, 0.15) is 17.1 Å². The molecule has 1 saturated heterocycles. The lowest BCUT2D eigenvalue weighted by Gasteiger charge is -2.31. The normalized spacial score (nSPS) is 14.5. The summed E-state index contributed by atoms with van der Waals surface area (Å²) in [6.07, 6.45) is 5.43. The van der Waals surface area contributed by atoms with Crippen LogP contribution in [0.4, 0.5) is 0 Å². The van der Waals surface area contributed by atoms with E-state index in [9.17, 15) is 18.0 Å². The van der Waals surface area contributed by atoms with Crippen molar-refractivity contribution in [1.82, 2.24) is 29.0 Å². The van der Waals surface area contributed by atoms with Crippen molar-refractivity contribution < 1.29 is 22.7 Å². The number of nitrogens with zero attached hydrogens (tertiary/aromatic N) is 5. The van der Waals surface area contributed by atoms with Crippen molar-refractivity contribution in [2.75, 3.05) is 46.9 Å². The number of carbonyl (C=O) groups is 1. The standard InChI is InChI=1S/C31H46N6O6S.ClH/c1-6-9-25-28-29(36(5)34-25)31(39)33-30(32-28)24-21-23(11-12-26(24)42-19-7-2)44(40,41)37-17-14-22(15-18-37)10-13-27(38)43-20-8-16-35(3)4;/h11-12,21-22H,6-10,13-20H2,1-5H3,(H,32,33,39);1H. The molecule has 1 aromatic carbocycles. The number of aromatic amines is 1. The topological polar surface area (TPSA) is 140 Å². The maximum atomic E-state index is 13.8. The lowest BCUT2D eigenvalue weighted by atomic mass is 9.93. The van der Waals surface area contributed by atoms with Crippen molar-refractivity contribution in [3.8, 4) is 17.1 Å². The summed E-state index contributed by atoms with van der Waals surface area (Å²) in [7, 11) is 1.85. The lowest BCUT2D eigenvalue weighted by molar-refractivity contribution is -0.144. The highest BCUT2D eigenvalue weighted by atomic mass is 35.5. The number of aryl methyl sites for hydroxylation is 2. The molecular formula is C31H47ClN6O6S. The average Bonchev–Trinajstić information content (AvgIpc) is 3.32. The predicted molar refractivity (Wildman–Crippen MR) is 176 cm³/mol. The number of rotatable bonds is 15. The third-order valence-corrected chi connectivity index (χ3v) is 9.79. The Morgan fingerprint density at radius 2 is 1.87 bits per heavy atom. The van der Waals surface area contributed by atoms with Crippen molar-refractivity contribution in [3.63, 3.8) is 0 Å². The van der Waals surface area contributed by atoms with Gasteiger partial charge in [-0.1, -0.05) is 20.3 Å². The summed E-state index contributed by atoms with van der Waals surface area (Å²) in [5.41, 5.74) is 1.65. The number of benzene rings is 1. The molecule has 3 heterocycles. The highest BCUT2D eigenvalue weighted by Crippen LogP contribution is 2.33. The van der Waals surface area contributed by atoms with E-state index >= 15 is 0 Å². The molecule has 4 rings (SSSR count). The Labute approximate surface area is 271 Å². The minimum absolute atomic E-state index is 0. The Hall–Kier alpha value is -3.00. The highest BCUT2D eigenvalue weighted by Gasteiger charge is 2.31. The second-order valence-electron chi connectivity index (χ2n) is 11.7. The van der Waals surface area contributed by atoms with Gasteiger partial charge in [0.25, 0.3) is 5.56 Å². The van der Waals surface area contributed by atoms with E-state index in [4.69, 9.17) is 14.5 Å². The maximum Gasteiger partial charge on any atom is 0.305 e. The molecule has 0 bridgehead atoms. The zero-order valence-corrected chi connectivity index (χ0v) is 28.6. The molecule has 0 spiro atoms. The minimum atomic E-state index is -3.83. The number of sulfonamides is 1. The maximum absolute atomic E-state index is 13.8. The van der Waals surface area contributed by atoms with Gasteiger partial charge in [0.15, 0.2) is 5.52 Å². The largest absolute Gasteiger partial charge is 0.493 e. The van der Waals surface area contributed by atoms with Gasteiger partial charge in [-0.3, -0.25) is 14.3 Å². The summed E-state index contributed by atoms with van der Waals surface area (Å²) in [5, 5.41) is 4.49. The average molecular weight is 667 g/mol. The summed E-state index contributed by atoms with van der Waals surface area (Å²) >= 11 is 0. The van der Waals surface area contributed by atoms with Gasteiger partial charge in [-0.25, -0.2) is 13.4 Å². The molecule has 0 unspecified atom stereocenters. The second kappa shape index (κ2) is 16.5. The van der Waals surface area contributed by atoms with Crippen molar-refractivity contribution in [2.45, 2.75) is 70.1 Å². The van der Waals surface area contributed by atoms with Crippen LogP contribution in [-0.4, -0.2) is 90.3 Å². The van der Waals surface area contributed by atoms with Gasteiger partial charge in [-0.15, -0.1) is 12.4 Å². The molecule has 2 aromatic heterocycles. The van der Waals surface area contributed by atoms with E-state index < -0.39 is 10.0 Å². The van der Waals surface area contributed by atoms with Gasteiger partial charge in [-0.05, 0) is 76.7 Å². The summed E-state index contributed by atoms with van der Waals surface area (Å²) < 4.78 is 41.9. The number of carbonyl (C=O) groups excluding carboxylic acids is 1. The first-order valence-corrected chi connectivity index (χ1v) is 17.0. The zero-order valence-electron chi connectivity index (χ0n) is 27.0. The van der Waals surface area contributed by atoms with E-state index in [1.54, 1.807) is 25.2 Å². The smallest absolute Gasteiger partial charge is 0.305 e. The molecule has 45 heavy (non-hydrogen) atoms. The molecule has 12 nitrogen and oxygen atoms in total. The van der Waals surface area contributed by atoms with E-state index in [0.29, 0.717) is 80.8 Å². The van der Waals surface area contributed by atoms with Gasteiger partial charge in [0.2, 0.25) is 10.0 Å². The van der Waals surface area contributed by atoms with Crippen LogP contribution in [-0.2, 0) is 33.0 Å². The Kier molecular flexibility index (Phi) is 13.4. The van der Waals surface area contributed by atoms with Crippen LogP contribution >= 0.6 is 12.4 Å². The van der Waals surface area contributed by atoms with Crippen molar-refractivity contribution in [2.24, 2.45) is 13.0 Å². The molecular weight excluding hydrogens is 620 g/mol. The number of piperidine rings is 1. The van der Waals surface area contributed by atoms with Crippen LogP contribution in [0, 0.1) is 5.92 Å². The van der Waals surface area contributed by atoms with Crippen LogP contribution < -0.4 is 10.3 Å². The summed E-state index contributed by atoms with van der Waals surface area (Å²) in [4.78, 5) is 35.0. The predicted octanol–water partition coefficient (Wildman–Crippen LogP) is 4.16. The number of aromatic nitrogens is 4. The summed E-state index contributed by atoms with van der Waals surface area (Å²) in [6.45, 7) is 6.45. The fourth-order valence-corrected chi connectivity index (χ4v) is 7.02. The minimum Gasteiger partial charge on any atom is -0.493 e. The second-order valence-corrected chi connectivity index (χ2v) is 13.6. The molecule has 250 valence electrons. The number of hydrogen-bond donors (Lipinski definition) is 1. The van der Waals surface area contributed by atoms with Crippen LogP contribution in [0.5, 0.6) is 5.75 Å². The molecule has 0 atom stereocenters. The van der Waals surface area contributed by atoms with E-state index in [0.717, 1.165) is 31.5 Å². The molecule has 1 N–H and O–H groups in total. The molecule has 14 heteroatoms. The number of fused-ring (bicyclic) bond motifs is 1. The number of hydrogen-bond acceptors (Lipinski definition) is 9. The quantitative estimate of drug-likeness (QED) is 0.187. The van der Waals surface area contributed by atoms with E-state index in [1.165, 1.54) is 8.99 Å². The molecule has 3 aromatic rings. The van der Waals surface area contributed by atoms with Crippen LogP contribution in [0.2, 0.25) is 0 Å². The molecule has 1 aliphatic rings. The summed E-state index contributed by atoms with van der Waals surface area (Å²) in [5.74, 6) is 0.744. The molecule has 1 aliphatic heterocycles. The Morgan fingerprint density at radius 3 is 2.53 bits per heavy atom. The molecule has 1 fully saturated rings. The van der Waals surface area contributed by atoms with Crippen LogP contribution in [0.3, 0.4) is 0 Å². The van der Waals surface area contributed by atoms with Gasteiger partial charge in [0.05, 0.1) is 29.4 Å². The van der Waals surface area contributed by atoms with E-state index in [-0.39, 0.29) is 40.6 Å². The van der Waals surface area contributed by atoms with Gasteiger partial charge >= 0.3 is 5.97 Å². The number of esters is 1. The number of nitrogens with one attached hydrogen (secondary N) is 1. The number of H-pyrrole nitrogens is 1. The van der Waals surface area contributed by atoms with Crippen molar-refractivity contribution >= 4 is 39.4 Å². The fourth-order valence-electron chi connectivity index (χ4n) is 5.52. The van der Waals surface area contributed by atoms with Gasteiger partial charge in [-0.2, -0.15) is 9.40 Å². The van der Waals surface area contributed by atoms with Crippen molar-refractivity contribution in [3.05, 3.63) is 34.2 Å². The van der Waals surface area contributed by atoms with Crippen LogP contribution in [0.25, 0.3) is 22.4 Å². The third kappa shape index (κ3) is 9.05. The fraction of sp³-hybridized carbons (Fsp3) is 0.613.